The summed E-state index contributed by atoms with van der Waals surface area (Å²) in [5.74, 6) is -0.301. The van der Waals surface area contributed by atoms with Crippen LogP contribution in [0.3, 0.4) is 0 Å². The summed E-state index contributed by atoms with van der Waals surface area (Å²) < 4.78 is 1.41. The molecule has 1 aliphatic heterocycles. The topological polar surface area (TPSA) is 72.2 Å². The fourth-order valence-electron chi connectivity index (χ4n) is 3.39. The maximum atomic E-state index is 12.7. The zero-order valence-electron chi connectivity index (χ0n) is 10.9. The van der Waals surface area contributed by atoms with E-state index in [4.69, 9.17) is 0 Å². The molecule has 2 aromatic rings. The molecule has 6 heteroatoms. The quantitative estimate of drug-likeness (QED) is 0.870. The Kier molecular flexibility index (Phi) is 2.51. The van der Waals surface area contributed by atoms with Gasteiger partial charge >= 0.3 is 5.97 Å². The number of rotatable bonds is 1. The van der Waals surface area contributed by atoms with Gasteiger partial charge in [-0.1, -0.05) is 0 Å². The molecule has 104 valence electrons. The monoisotopic (exact) mass is 290 g/mol. The second kappa shape index (κ2) is 4.15. The first-order valence-electron chi connectivity index (χ1n) is 6.95. The van der Waals surface area contributed by atoms with E-state index in [1.807, 2.05) is 0 Å². The minimum absolute atomic E-state index is 0.144. The average Bonchev–Trinajstić information content (AvgIpc) is 2.99. The number of aliphatic carboxylic acids is 1. The molecular formula is C14H14N2O3S. The van der Waals surface area contributed by atoms with E-state index in [9.17, 15) is 14.7 Å². The number of nitrogens with zero attached hydrogens (tertiary/aromatic N) is 2. The van der Waals surface area contributed by atoms with Gasteiger partial charge in [0.1, 0.15) is 16.7 Å². The number of aromatic nitrogens is 2. The van der Waals surface area contributed by atoms with E-state index in [0.717, 1.165) is 29.7 Å². The molecule has 1 aliphatic carbocycles. The van der Waals surface area contributed by atoms with Gasteiger partial charge < -0.3 is 5.11 Å². The van der Waals surface area contributed by atoms with Crippen LogP contribution in [0, 0.1) is 0 Å². The Labute approximate surface area is 118 Å². The molecule has 2 aromatic heterocycles. The second-order valence-electron chi connectivity index (χ2n) is 5.49. The number of aryl methyl sites for hydroxylation is 3. The summed E-state index contributed by atoms with van der Waals surface area (Å²) in [6.45, 7) is 0. The third-order valence-electron chi connectivity index (χ3n) is 4.33. The molecule has 4 rings (SSSR count). The van der Waals surface area contributed by atoms with Crippen LogP contribution >= 0.6 is 11.3 Å². The molecule has 0 radical (unpaired) electrons. The maximum Gasteiger partial charge on any atom is 0.326 e. The third kappa shape index (κ3) is 1.51. The number of hydrogen-bond donors (Lipinski definition) is 1. The summed E-state index contributed by atoms with van der Waals surface area (Å²) in [6, 6.07) is -0.742. The number of carboxylic acids is 1. The second-order valence-corrected chi connectivity index (χ2v) is 6.57. The van der Waals surface area contributed by atoms with Crippen molar-refractivity contribution in [1.29, 1.82) is 0 Å². The molecule has 3 heterocycles. The Bertz CT molecular complexity index is 790. The smallest absolute Gasteiger partial charge is 0.326 e. The van der Waals surface area contributed by atoms with Crippen molar-refractivity contribution in [1.82, 2.24) is 9.55 Å². The highest BCUT2D eigenvalue weighted by molar-refractivity contribution is 7.18. The van der Waals surface area contributed by atoms with Crippen molar-refractivity contribution in [2.45, 2.75) is 44.6 Å². The Hall–Kier alpha value is -1.69. The van der Waals surface area contributed by atoms with E-state index in [-0.39, 0.29) is 5.56 Å². The van der Waals surface area contributed by atoms with Gasteiger partial charge in [-0.15, -0.1) is 11.3 Å². The van der Waals surface area contributed by atoms with E-state index < -0.39 is 12.0 Å². The summed E-state index contributed by atoms with van der Waals surface area (Å²) in [5, 5.41) is 9.94. The lowest BCUT2D eigenvalue weighted by Crippen LogP contribution is -2.28. The Balaban J connectivity index is 2.04. The maximum absolute atomic E-state index is 12.7. The van der Waals surface area contributed by atoms with Gasteiger partial charge in [0.05, 0.1) is 5.39 Å². The predicted octanol–water partition coefficient (Wildman–Crippen LogP) is 1.91. The summed E-state index contributed by atoms with van der Waals surface area (Å²) in [5.41, 5.74) is 0.981. The Morgan fingerprint density at radius 3 is 2.90 bits per heavy atom. The Morgan fingerprint density at radius 1 is 1.30 bits per heavy atom. The third-order valence-corrected chi connectivity index (χ3v) is 5.52. The van der Waals surface area contributed by atoms with Crippen LogP contribution in [0.25, 0.3) is 10.2 Å². The van der Waals surface area contributed by atoms with Crippen LogP contribution in [0.4, 0.5) is 0 Å². The first-order valence-corrected chi connectivity index (χ1v) is 7.77. The minimum Gasteiger partial charge on any atom is -0.480 e. The van der Waals surface area contributed by atoms with Crippen LogP contribution in [0.5, 0.6) is 0 Å². The zero-order valence-corrected chi connectivity index (χ0v) is 11.7. The van der Waals surface area contributed by atoms with Gasteiger partial charge in [-0.2, -0.15) is 0 Å². The molecule has 1 atom stereocenters. The fraction of sp³-hybridized carbons (Fsp3) is 0.500. The average molecular weight is 290 g/mol. The van der Waals surface area contributed by atoms with E-state index in [1.54, 1.807) is 11.3 Å². The highest BCUT2D eigenvalue weighted by Crippen LogP contribution is 2.35. The number of carboxylic acid groups (broad SMARTS) is 1. The predicted molar refractivity (Wildman–Crippen MR) is 75.5 cm³/mol. The standard InChI is InChI=1S/C14H14N2O3S/c17-13-11-7-3-1-2-4-9(7)20-12(11)15-10-6-5-8(14(18)19)16(10)13/h8H,1-6H2,(H,18,19)/t8-/m1/s1. The van der Waals surface area contributed by atoms with Gasteiger partial charge in [-0.05, 0) is 37.7 Å². The summed E-state index contributed by atoms with van der Waals surface area (Å²) in [4.78, 5) is 30.7. The van der Waals surface area contributed by atoms with Gasteiger partial charge in [-0.3, -0.25) is 9.36 Å². The van der Waals surface area contributed by atoms with Crippen molar-refractivity contribution in [2.24, 2.45) is 0 Å². The fourth-order valence-corrected chi connectivity index (χ4v) is 4.66. The van der Waals surface area contributed by atoms with E-state index in [2.05, 4.69) is 4.98 Å². The molecule has 5 nitrogen and oxygen atoms in total. The van der Waals surface area contributed by atoms with Crippen molar-refractivity contribution in [3.63, 3.8) is 0 Å². The normalized spacial score (nSPS) is 20.9. The number of thiophene rings is 1. The largest absolute Gasteiger partial charge is 0.480 e. The summed E-state index contributed by atoms with van der Waals surface area (Å²) in [6.07, 6.45) is 5.25. The number of hydrogen-bond acceptors (Lipinski definition) is 4. The van der Waals surface area contributed by atoms with Crippen LogP contribution in [0.15, 0.2) is 4.79 Å². The Morgan fingerprint density at radius 2 is 2.10 bits per heavy atom. The van der Waals surface area contributed by atoms with Crippen LogP contribution < -0.4 is 5.56 Å². The molecule has 0 saturated carbocycles. The molecule has 0 saturated heterocycles. The SMILES string of the molecule is O=C(O)[C@H]1CCc2nc3sc4c(c3c(=O)n21)CCCC4. The van der Waals surface area contributed by atoms with Crippen molar-refractivity contribution in [3.8, 4) is 0 Å². The van der Waals surface area contributed by atoms with Gasteiger partial charge in [0.2, 0.25) is 0 Å². The van der Waals surface area contributed by atoms with Crippen molar-refractivity contribution >= 4 is 27.5 Å². The molecular weight excluding hydrogens is 276 g/mol. The first-order chi connectivity index (χ1) is 9.66. The highest BCUT2D eigenvalue weighted by Gasteiger charge is 2.32. The summed E-state index contributed by atoms with van der Waals surface area (Å²) >= 11 is 1.62. The molecule has 2 aliphatic rings. The van der Waals surface area contributed by atoms with Crippen LogP contribution in [0.1, 0.15) is 41.6 Å². The first kappa shape index (κ1) is 12.1. The van der Waals surface area contributed by atoms with Gasteiger partial charge in [0.15, 0.2) is 0 Å². The molecule has 0 bridgehead atoms. The number of carbonyl (C=O) groups is 1. The summed E-state index contributed by atoms with van der Waals surface area (Å²) in [7, 11) is 0. The van der Waals surface area contributed by atoms with Crippen molar-refractivity contribution in [3.05, 3.63) is 26.6 Å². The molecule has 20 heavy (non-hydrogen) atoms. The van der Waals surface area contributed by atoms with Crippen molar-refractivity contribution < 1.29 is 9.90 Å². The van der Waals surface area contributed by atoms with E-state index >= 15 is 0 Å². The molecule has 0 fully saturated rings. The van der Waals surface area contributed by atoms with E-state index in [0.29, 0.717) is 24.1 Å². The molecule has 1 N–H and O–H groups in total. The lowest BCUT2D eigenvalue weighted by atomic mass is 9.97. The van der Waals surface area contributed by atoms with Gasteiger partial charge in [0, 0.05) is 11.3 Å². The van der Waals surface area contributed by atoms with E-state index in [1.165, 1.54) is 15.9 Å². The van der Waals surface area contributed by atoms with Crippen LogP contribution in [0.2, 0.25) is 0 Å². The van der Waals surface area contributed by atoms with Crippen molar-refractivity contribution in [2.75, 3.05) is 0 Å². The lowest BCUT2D eigenvalue weighted by molar-refractivity contribution is -0.140. The molecule has 0 aromatic carbocycles. The lowest BCUT2D eigenvalue weighted by Gasteiger charge is -2.12. The minimum atomic E-state index is -0.934. The zero-order chi connectivity index (χ0) is 13.9. The van der Waals surface area contributed by atoms with Gasteiger partial charge in [0.25, 0.3) is 5.56 Å². The molecule has 0 amide bonds. The molecule has 0 unspecified atom stereocenters. The van der Waals surface area contributed by atoms with Gasteiger partial charge in [-0.25, -0.2) is 9.78 Å². The number of fused-ring (bicyclic) bond motifs is 4. The molecule has 0 spiro atoms. The van der Waals surface area contributed by atoms with Crippen LogP contribution in [-0.2, 0) is 24.1 Å². The highest BCUT2D eigenvalue weighted by atomic mass is 32.1. The van der Waals surface area contributed by atoms with Crippen LogP contribution in [-0.4, -0.2) is 20.6 Å².